The molecule has 0 amide bonds. The lowest BCUT2D eigenvalue weighted by molar-refractivity contribution is -0.387. The SMILES string of the molecule is O=[N+]([O-])c1cc(C(F)(F)F)ccc1F.[F-]. The third kappa shape index (κ3) is 2.86. The molecule has 0 unspecified atom stereocenters. The smallest absolute Gasteiger partial charge is 0.416 e. The molecule has 0 saturated heterocycles. The Labute approximate surface area is 79.8 Å². The Morgan fingerprint density at radius 1 is 1.27 bits per heavy atom. The van der Waals surface area contributed by atoms with Crippen molar-refractivity contribution in [1.82, 2.24) is 0 Å². The van der Waals surface area contributed by atoms with Crippen LogP contribution < -0.4 is 4.70 Å². The lowest BCUT2D eigenvalue weighted by Crippen LogP contribution is -3.00. The number of benzene rings is 1. The number of hydrogen-bond acceptors (Lipinski definition) is 2. The zero-order valence-corrected chi connectivity index (χ0v) is 6.89. The Kier molecular flexibility index (Phi) is 3.71. The summed E-state index contributed by atoms with van der Waals surface area (Å²) in [6.07, 6.45) is -4.71. The minimum Gasteiger partial charge on any atom is -1.00 e. The highest BCUT2D eigenvalue weighted by Crippen LogP contribution is 2.32. The van der Waals surface area contributed by atoms with Gasteiger partial charge in [-0.2, -0.15) is 17.6 Å². The molecule has 0 atom stereocenters. The lowest BCUT2D eigenvalue weighted by atomic mass is 10.2. The number of nitro benzene ring substituents is 1. The standard InChI is InChI=1S/C7H3F4NO2.FH/c8-5-2-1-4(7(9,10)11)3-6(5)12(13)14;/h1-3H;1H/p-1. The molecule has 0 aliphatic heterocycles. The van der Waals surface area contributed by atoms with Crippen LogP contribution in [0.4, 0.5) is 23.2 Å². The monoisotopic (exact) mass is 228 g/mol. The second kappa shape index (κ2) is 4.20. The first kappa shape index (κ1) is 13.3. The second-order valence-corrected chi connectivity index (χ2v) is 2.42. The maximum absolute atomic E-state index is 12.6. The molecule has 1 aromatic rings. The van der Waals surface area contributed by atoms with Crippen molar-refractivity contribution in [2.24, 2.45) is 0 Å². The van der Waals surface area contributed by atoms with Gasteiger partial charge in [0.1, 0.15) is 0 Å². The largest absolute Gasteiger partial charge is 1.00 e. The fourth-order valence-electron chi connectivity index (χ4n) is 0.829. The molecular weight excluding hydrogens is 225 g/mol. The van der Waals surface area contributed by atoms with Crippen LogP contribution in [0.5, 0.6) is 0 Å². The summed E-state index contributed by atoms with van der Waals surface area (Å²) in [5.74, 6) is -1.29. The van der Waals surface area contributed by atoms with E-state index in [4.69, 9.17) is 0 Å². The van der Waals surface area contributed by atoms with E-state index in [0.29, 0.717) is 12.1 Å². The molecule has 0 aliphatic carbocycles. The Bertz CT molecular complexity index is 376. The maximum atomic E-state index is 12.6. The topological polar surface area (TPSA) is 43.1 Å². The first-order chi connectivity index (χ1) is 6.32. The Morgan fingerprint density at radius 3 is 2.20 bits per heavy atom. The van der Waals surface area contributed by atoms with Crippen LogP contribution in [0.15, 0.2) is 18.2 Å². The summed E-state index contributed by atoms with van der Waals surface area (Å²) in [5, 5.41) is 10.1. The van der Waals surface area contributed by atoms with Crippen LogP contribution in [-0.4, -0.2) is 4.92 Å². The molecule has 0 aliphatic rings. The van der Waals surface area contributed by atoms with E-state index in [-0.39, 0.29) is 10.8 Å². The van der Waals surface area contributed by atoms with E-state index in [0.717, 1.165) is 0 Å². The molecule has 0 bridgehead atoms. The molecule has 0 heterocycles. The van der Waals surface area contributed by atoms with Crippen LogP contribution in [0.1, 0.15) is 5.56 Å². The third-order valence-electron chi connectivity index (χ3n) is 1.47. The van der Waals surface area contributed by atoms with Gasteiger partial charge in [-0.05, 0) is 12.1 Å². The molecule has 0 saturated carbocycles. The number of halogens is 5. The van der Waals surface area contributed by atoms with Gasteiger partial charge in [0.2, 0.25) is 5.82 Å². The summed E-state index contributed by atoms with van der Waals surface area (Å²) >= 11 is 0. The third-order valence-corrected chi connectivity index (χ3v) is 1.47. The van der Waals surface area contributed by atoms with E-state index in [9.17, 15) is 27.7 Å². The predicted octanol–water partition coefficient (Wildman–Crippen LogP) is -0.243. The summed E-state index contributed by atoms with van der Waals surface area (Å²) in [5.41, 5.74) is -2.43. The average molecular weight is 228 g/mol. The highest BCUT2D eigenvalue weighted by molar-refractivity contribution is 5.37. The minimum atomic E-state index is -4.71. The average Bonchev–Trinajstić information content (AvgIpc) is 2.02. The highest BCUT2D eigenvalue weighted by Gasteiger charge is 2.33. The van der Waals surface area contributed by atoms with Crippen molar-refractivity contribution in [3.05, 3.63) is 39.7 Å². The molecule has 0 fully saturated rings. The van der Waals surface area contributed by atoms with Gasteiger partial charge in [-0.15, -0.1) is 0 Å². The Hall–Kier alpha value is -1.73. The van der Waals surface area contributed by atoms with Crippen molar-refractivity contribution < 1.29 is 27.2 Å². The van der Waals surface area contributed by atoms with Gasteiger partial charge in [0, 0.05) is 6.07 Å². The van der Waals surface area contributed by atoms with Crippen molar-refractivity contribution in [2.75, 3.05) is 0 Å². The zero-order valence-electron chi connectivity index (χ0n) is 6.89. The number of rotatable bonds is 1. The van der Waals surface area contributed by atoms with Gasteiger partial charge in [0.25, 0.3) is 0 Å². The predicted molar refractivity (Wildman–Crippen MR) is 38.1 cm³/mol. The Morgan fingerprint density at radius 2 is 1.80 bits per heavy atom. The van der Waals surface area contributed by atoms with E-state index in [2.05, 4.69) is 0 Å². The van der Waals surface area contributed by atoms with E-state index < -0.39 is 28.2 Å². The van der Waals surface area contributed by atoms with Crippen molar-refractivity contribution in [3.8, 4) is 0 Å². The van der Waals surface area contributed by atoms with Crippen LogP contribution >= 0.6 is 0 Å². The number of nitro groups is 1. The van der Waals surface area contributed by atoms with Crippen molar-refractivity contribution in [2.45, 2.75) is 6.18 Å². The second-order valence-electron chi connectivity index (χ2n) is 2.42. The molecular formula is C7H3F5NO2-. The highest BCUT2D eigenvalue weighted by atomic mass is 19.4. The van der Waals surface area contributed by atoms with Gasteiger partial charge < -0.3 is 4.70 Å². The van der Waals surface area contributed by atoms with Crippen LogP contribution in [-0.2, 0) is 6.18 Å². The van der Waals surface area contributed by atoms with Gasteiger partial charge >= 0.3 is 11.9 Å². The molecule has 84 valence electrons. The molecule has 8 heteroatoms. The normalized spacial score (nSPS) is 10.7. The maximum Gasteiger partial charge on any atom is 0.416 e. The summed E-state index contributed by atoms with van der Waals surface area (Å²) in [7, 11) is 0. The van der Waals surface area contributed by atoms with Crippen LogP contribution in [0, 0.1) is 15.9 Å². The molecule has 1 aromatic carbocycles. The number of hydrogen-bond donors (Lipinski definition) is 0. The van der Waals surface area contributed by atoms with E-state index in [1.807, 2.05) is 0 Å². The summed E-state index contributed by atoms with van der Waals surface area (Å²) in [6, 6.07) is 1.03. The van der Waals surface area contributed by atoms with Gasteiger partial charge in [0.05, 0.1) is 10.5 Å². The molecule has 0 N–H and O–H groups in total. The fraction of sp³-hybridized carbons (Fsp3) is 0.143. The molecule has 3 nitrogen and oxygen atoms in total. The Balaban J connectivity index is 0.00000196. The molecule has 0 aromatic heterocycles. The fourth-order valence-corrected chi connectivity index (χ4v) is 0.829. The van der Waals surface area contributed by atoms with Crippen LogP contribution in [0.25, 0.3) is 0 Å². The summed E-state index contributed by atoms with van der Waals surface area (Å²) in [6.45, 7) is 0. The lowest BCUT2D eigenvalue weighted by Gasteiger charge is -2.05. The summed E-state index contributed by atoms with van der Waals surface area (Å²) < 4.78 is 48.7. The summed E-state index contributed by atoms with van der Waals surface area (Å²) in [4.78, 5) is 8.90. The van der Waals surface area contributed by atoms with E-state index in [1.165, 1.54) is 0 Å². The van der Waals surface area contributed by atoms with Crippen molar-refractivity contribution in [1.29, 1.82) is 0 Å². The molecule has 15 heavy (non-hydrogen) atoms. The van der Waals surface area contributed by atoms with Crippen molar-refractivity contribution >= 4 is 5.69 Å². The van der Waals surface area contributed by atoms with Crippen LogP contribution in [0.2, 0.25) is 0 Å². The van der Waals surface area contributed by atoms with Crippen molar-refractivity contribution in [3.63, 3.8) is 0 Å². The first-order valence-electron chi connectivity index (χ1n) is 3.33. The molecule has 0 radical (unpaired) electrons. The minimum absolute atomic E-state index is 0. The first-order valence-corrected chi connectivity index (χ1v) is 3.33. The zero-order chi connectivity index (χ0) is 10.9. The van der Waals surface area contributed by atoms with Gasteiger partial charge in [-0.25, -0.2) is 0 Å². The molecule has 1 rings (SSSR count). The van der Waals surface area contributed by atoms with E-state index in [1.54, 1.807) is 0 Å². The molecule has 0 spiro atoms. The van der Waals surface area contributed by atoms with Crippen LogP contribution in [0.3, 0.4) is 0 Å². The number of nitrogens with zero attached hydrogens (tertiary/aromatic N) is 1. The quantitative estimate of drug-likeness (QED) is 0.378. The van der Waals surface area contributed by atoms with E-state index >= 15 is 0 Å². The van der Waals surface area contributed by atoms with Gasteiger partial charge in [-0.3, -0.25) is 10.1 Å². The number of alkyl halides is 3. The van der Waals surface area contributed by atoms with Gasteiger partial charge in [-0.1, -0.05) is 0 Å². The van der Waals surface area contributed by atoms with Gasteiger partial charge in [0.15, 0.2) is 0 Å².